The van der Waals surface area contributed by atoms with E-state index in [4.69, 9.17) is 4.74 Å². The second kappa shape index (κ2) is 11.3. The number of nitrogens with zero attached hydrogens (tertiary/aromatic N) is 1. The van der Waals surface area contributed by atoms with Crippen LogP contribution in [0.4, 0.5) is 4.79 Å². The third-order valence-electron chi connectivity index (χ3n) is 5.74. The maximum atomic E-state index is 13.3. The summed E-state index contributed by atoms with van der Waals surface area (Å²) in [7, 11) is 0. The van der Waals surface area contributed by atoms with Gasteiger partial charge < -0.3 is 20.3 Å². The Balaban J connectivity index is 2.29. The van der Waals surface area contributed by atoms with Crippen molar-refractivity contribution in [2.24, 2.45) is 0 Å². The molecule has 1 saturated carbocycles. The molecule has 0 bridgehead atoms. The van der Waals surface area contributed by atoms with Gasteiger partial charge in [0.1, 0.15) is 18.2 Å². The number of amides is 3. The molecule has 1 aromatic carbocycles. The molecule has 7 nitrogen and oxygen atoms in total. The molecule has 1 atom stereocenters. The number of carbonyl (C=O) groups excluding carboxylic acids is 3. The number of benzene rings is 1. The third kappa shape index (κ3) is 7.24. The van der Waals surface area contributed by atoms with Crippen LogP contribution in [0.3, 0.4) is 0 Å². The highest BCUT2D eigenvalue weighted by atomic mass is 16.6. The Morgan fingerprint density at radius 2 is 1.81 bits per heavy atom. The van der Waals surface area contributed by atoms with Crippen molar-refractivity contribution < 1.29 is 19.1 Å². The van der Waals surface area contributed by atoms with E-state index in [1.54, 1.807) is 25.7 Å². The topological polar surface area (TPSA) is 87.7 Å². The molecule has 2 N–H and O–H groups in total. The van der Waals surface area contributed by atoms with Gasteiger partial charge in [-0.3, -0.25) is 9.59 Å². The van der Waals surface area contributed by atoms with Crippen LogP contribution in [0.1, 0.15) is 82.5 Å². The monoisotopic (exact) mass is 445 g/mol. The van der Waals surface area contributed by atoms with Crippen molar-refractivity contribution in [1.29, 1.82) is 0 Å². The van der Waals surface area contributed by atoms with Crippen molar-refractivity contribution in [3.63, 3.8) is 0 Å². The highest BCUT2D eigenvalue weighted by Gasteiger charge is 2.38. The van der Waals surface area contributed by atoms with E-state index in [0.717, 1.165) is 48.8 Å². The molecule has 0 heterocycles. The molecule has 7 heteroatoms. The zero-order valence-corrected chi connectivity index (χ0v) is 20.4. The van der Waals surface area contributed by atoms with E-state index in [0.29, 0.717) is 6.54 Å². The zero-order valence-electron chi connectivity index (χ0n) is 20.4. The predicted octanol–water partition coefficient (Wildman–Crippen LogP) is 4.17. The highest BCUT2D eigenvalue weighted by Crippen LogP contribution is 2.33. The van der Waals surface area contributed by atoms with Crippen LogP contribution in [0.25, 0.3) is 0 Å². The fourth-order valence-corrected chi connectivity index (χ4v) is 3.63. The molecule has 2 rings (SSSR count). The lowest BCUT2D eigenvalue weighted by Gasteiger charge is -2.42. The predicted molar refractivity (Wildman–Crippen MR) is 125 cm³/mol. The molecule has 1 aromatic rings. The van der Waals surface area contributed by atoms with Gasteiger partial charge in [0.15, 0.2) is 0 Å². The zero-order chi connectivity index (χ0) is 23.9. The van der Waals surface area contributed by atoms with Crippen molar-refractivity contribution in [2.75, 3.05) is 13.1 Å². The Kier molecular flexibility index (Phi) is 9.10. The Bertz CT molecular complexity index is 812. The maximum Gasteiger partial charge on any atom is 0.408 e. The summed E-state index contributed by atoms with van der Waals surface area (Å²) in [6, 6.07) is 5.14. The molecular weight excluding hydrogens is 406 g/mol. The summed E-state index contributed by atoms with van der Waals surface area (Å²) in [5.41, 5.74) is 2.34. The Morgan fingerprint density at radius 3 is 2.34 bits per heavy atom. The number of rotatable bonds is 9. The quantitative estimate of drug-likeness (QED) is 0.559. The van der Waals surface area contributed by atoms with Crippen LogP contribution in [0.5, 0.6) is 0 Å². The fourth-order valence-electron chi connectivity index (χ4n) is 3.63. The molecule has 1 unspecified atom stereocenters. The molecule has 0 aromatic heterocycles. The maximum absolute atomic E-state index is 13.3. The highest BCUT2D eigenvalue weighted by molar-refractivity contribution is 5.90. The van der Waals surface area contributed by atoms with E-state index in [1.807, 2.05) is 32.0 Å². The first-order valence-corrected chi connectivity index (χ1v) is 11.7. The SMILES string of the molecule is CCCCNC(=O)C(c1ccc(C)c(C)c1)N(C(=O)CNC(=O)OC(C)(C)C)C1CCC1. The van der Waals surface area contributed by atoms with Gasteiger partial charge in [-0.25, -0.2) is 4.79 Å². The van der Waals surface area contributed by atoms with Crippen molar-refractivity contribution in [2.45, 2.75) is 91.3 Å². The Labute approximate surface area is 192 Å². The first kappa shape index (κ1) is 25.7. The van der Waals surface area contributed by atoms with Crippen LogP contribution in [-0.4, -0.2) is 47.5 Å². The van der Waals surface area contributed by atoms with Gasteiger partial charge in [-0.2, -0.15) is 0 Å². The van der Waals surface area contributed by atoms with Crippen LogP contribution < -0.4 is 10.6 Å². The first-order valence-electron chi connectivity index (χ1n) is 11.7. The second-order valence-electron chi connectivity index (χ2n) is 9.63. The molecule has 1 aliphatic rings. The molecule has 0 aliphatic heterocycles. The molecule has 1 fully saturated rings. The van der Waals surface area contributed by atoms with E-state index in [2.05, 4.69) is 17.6 Å². The fraction of sp³-hybridized carbons (Fsp3) is 0.640. The van der Waals surface area contributed by atoms with Gasteiger partial charge in [0.25, 0.3) is 0 Å². The van der Waals surface area contributed by atoms with Gasteiger partial charge in [0.2, 0.25) is 11.8 Å². The number of carbonyl (C=O) groups is 3. The first-order chi connectivity index (χ1) is 15.0. The van der Waals surface area contributed by atoms with E-state index in [-0.39, 0.29) is 24.4 Å². The van der Waals surface area contributed by atoms with E-state index < -0.39 is 17.7 Å². The van der Waals surface area contributed by atoms with E-state index in [1.165, 1.54) is 0 Å². The minimum atomic E-state index is -0.732. The number of nitrogens with one attached hydrogen (secondary N) is 2. The molecule has 1 aliphatic carbocycles. The van der Waals surface area contributed by atoms with Gasteiger partial charge in [-0.15, -0.1) is 0 Å². The standard InChI is InChI=1S/C25H39N3O4/c1-7-8-14-26-23(30)22(19-13-12-17(2)18(3)15-19)28(20-10-9-11-20)21(29)16-27-24(31)32-25(4,5)6/h12-13,15,20,22H,7-11,14,16H2,1-6H3,(H,26,30)(H,27,31). The minimum Gasteiger partial charge on any atom is -0.444 e. The Morgan fingerprint density at radius 1 is 1.12 bits per heavy atom. The van der Waals surface area contributed by atoms with Gasteiger partial charge in [0, 0.05) is 12.6 Å². The molecule has 0 radical (unpaired) electrons. The molecule has 32 heavy (non-hydrogen) atoms. The van der Waals surface area contributed by atoms with Crippen LogP contribution in [0.2, 0.25) is 0 Å². The van der Waals surface area contributed by atoms with Crippen LogP contribution in [0, 0.1) is 13.8 Å². The summed E-state index contributed by atoms with van der Waals surface area (Å²) in [5.74, 6) is -0.464. The molecular formula is C25H39N3O4. The van der Waals surface area contributed by atoms with Crippen LogP contribution >= 0.6 is 0 Å². The summed E-state index contributed by atoms with van der Waals surface area (Å²) < 4.78 is 5.26. The minimum absolute atomic E-state index is 0.0218. The second-order valence-corrected chi connectivity index (χ2v) is 9.63. The van der Waals surface area contributed by atoms with Gasteiger partial charge in [-0.1, -0.05) is 31.5 Å². The smallest absolute Gasteiger partial charge is 0.408 e. The molecule has 178 valence electrons. The number of hydrogen-bond donors (Lipinski definition) is 2. The summed E-state index contributed by atoms with van der Waals surface area (Å²) in [5, 5.41) is 5.56. The number of aryl methyl sites for hydroxylation is 2. The lowest BCUT2D eigenvalue weighted by molar-refractivity contribution is -0.145. The number of alkyl carbamates (subject to hydrolysis) is 1. The third-order valence-corrected chi connectivity index (χ3v) is 5.74. The van der Waals surface area contributed by atoms with Crippen molar-refractivity contribution in [3.8, 4) is 0 Å². The van der Waals surface area contributed by atoms with Crippen LogP contribution in [-0.2, 0) is 14.3 Å². The van der Waals surface area contributed by atoms with Crippen molar-refractivity contribution >= 4 is 17.9 Å². The Hall–Kier alpha value is -2.57. The summed E-state index contributed by atoms with van der Waals surface area (Å²) in [6.45, 7) is 11.8. The van der Waals surface area contributed by atoms with Gasteiger partial charge in [0.05, 0.1) is 0 Å². The summed E-state index contributed by atoms with van der Waals surface area (Å²) >= 11 is 0. The van der Waals surface area contributed by atoms with E-state index >= 15 is 0 Å². The summed E-state index contributed by atoms with van der Waals surface area (Å²) in [4.78, 5) is 40.4. The normalized spacial score (nSPS) is 14.8. The van der Waals surface area contributed by atoms with Crippen molar-refractivity contribution in [1.82, 2.24) is 15.5 Å². The largest absolute Gasteiger partial charge is 0.444 e. The lowest BCUT2D eigenvalue weighted by Crippen LogP contribution is -2.54. The van der Waals surface area contributed by atoms with Crippen LogP contribution in [0.15, 0.2) is 18.2 Å². The molecule has 0 saturated heterocycles. The average Bonchev–Trinajstić information content (AvgIpc) is 2.65. The number of ether oxygens (including phenoxy) is 1. The van der Waals surface area contributed by atoms with Gasteiger partial charge >= 0.3 is 6.09 Å². The van der Waals surface area contributed by atoms with Gasteiger partial charge in [-0.05, 0) is 77.0 Å². The molecule has 0 spiro atoms. The van der Waals surface area contributed by atoms with Crippen molar-refractivity contribution in [3.05, 3.63) is 34.9 Å². The molecule has 3 amide bonds. The average molecular weight is 446 g/mol. The number of hydrogen-bond acceptors (Lipinski definition) is 4. The lowest BCUT2D eigenvalue weighted by atomic mass is 9.88. The summed E-state index contributed by atoms with van der Waals surface area (Å²) in [6.07, 6.45) is 3.92. The number of unbranched alkanes of at least 4 members (excludes halogenated alkanes) is 1. The van der Waals surface area contributed by atoms with E-state index in [9.17, 15) is 14.4 Å².